The molecule has 0 unspecified atom stereocenters. The minimum absolute atomic E-state index is 0.129. The predicted molar refractivity (Wildman–Crippen MR) is 105 cm³/mol. The van der Waals surface area contributed by atoms with Crippen LogP contribution in [0.15, 0.2) is 42.6 Å². The molecule has 0 aliphatic heterocycles. The molecule has 0 fully saturated rings. The van der Waals surface area contributed by atoms with Gasteiger partial charge in [0.05, 0.1) is 0 Å². The molecule has 1 aromatic rings. The summed E-state index contributed by atoms with van der Waals surface area (Å²) in [6.45, 7) is 8.64. The number of nitrogens with zero attached hydrogens (tertiary/aromatic N) is 1. The summed E-state index contributed by atoms with van der Waals surface area (Å²) in [5, 5.41) is 8.19. The molecule has 0 radical (unpaired) electrons. The fourth-order valence-corrected chi connectivity index (χ4v) is 3.49. The third-order valence-electron chi connectivity index (χ3n) is 4.93. The molecular formula is C22H25N3. The van der Waals surface area contributed by atoms with Crippen LogP contribution in [0, 0.1) is 19.3 Å². The summed E-state index contributed by atoms with van der Waals surface area (Å²) in [6.07, 6.45) is 2.50. The number of aryl methyl sites for hydroxylation is 1. The maximum absolute atomic E-state index is 8.19. The smallest absolute Gasteiger partial charge is 0.123 e. The molecule has 0 saturated heterocycles. The van der Waals surface area contributed by atoms with E-state index in [0.29, 0.717) is 12.3 Å². The van der Waals surface area contributed by atoms with Crippen LogP contribution < -0.4 is 5.73 Å². The van der Waals surface area contributed by atoms with Crippen molar-refractivity contribution in [3.8, 4) is 11.1 Å². The number of nitrogens with one attached hydrogen (secondary N) is 1. The Kier molecular flexibility index (Phi) is 4.58. The van der Waals surface area contributed by atoms with Gasteiger partial charge in [0, 0.05) is 23.9 Å². The van der Waals surface area contributed by atoms with Crippen molar-refractivity contribution in [1.82, 2.24) is 4.98 Å². The topological polar surface area (TPSA) is 62.8 Å². The average Bonchev–Trinajstić information content (AvgIpc) is 2.73. The average molecular weight is 331 g/mol. The lowest BCUT2D eigenvalue weighted by Gasteiger charge is -2.06. The van der Waals surface area contributed by atoms with E-state index in [-0.39, 0.29) is 5.84 Å². The van der Waals surface area contributed by atoms with Gasteiger partial charge >= 0.3 is 0 Å². The van der Waals surface area contributed by atoms with E-state index in [0.717, 1.165) is 27.9 Å². The molecule has 3 rings (SSSR count). The second-order valence-corrected chi connectivity index (χ2v) is 6.99. The number of aromatic nitrogens is 1. The molecule has 0 atom stereocenters. The monoisotopic (exact) mass is 331 g/mol. The van der Waals surface area contributed by atoms with E-state index < -0.39 is 0 Å². The number of pyridine rings is 1. The molecule has 128 valence electrons. The van der Waals surface area contributed by atoms with Crippen molar-refractivity contribution in [3.05, 3.63) is 76.1 Å². The van der Waals surface area contributed by atoms with Gasteiger partial charge in [-0.3, -0.25) is 10.4 Å². The standard InChI is InChI=1S/C22H25N3/c1-13(2)16-9-8-14(3)20-18(11-16)15(4)19(21(20)22(23)24)12-17-7-5-6-10-25-17/h5-11,13H,12H2,1-4H3,(H3,23,24). The first-order valence-corrected chi connectivity index (χ1v) is 8.70. The predicted octanol–water partition coefficient (Wildman–Crippen LogP) is 4.80. The molecule has 2 aliphatic rings. The Labute approximate surface area is 149 Å². The summed E-state index contributed by atoms with van der Waals surface area (Å²) < 4.78 is 0. The number of hydrogen-bond donors (Lipinski definition) is 2. The van der Waals surface area contributed by atoms with Gasteiger partial charge in [-0.05, 0) is 65.3 Å². The summed E-state index contributed by atoms with van der Waals surface area (Å²) in [5.41, 5.74) is 14.9. The fourth-order valence-electron chi connectivity index (χ4n) is 3.49. The highest BCUT2D eigenvalue weighted by molar-refractivity contribution is 6.06. The number of rotatable bonds is 4. The molecule has 2 aliphatic carbocycles. The maximum Gasteiger partial charge on any atom is 0.123 e. The van der Waals surface area contributed by atoms with Gasteiger partial charge in [0.15, 0.2) is 0 Å². The van der Waals surface area contributed by atoms with Gasteiger partial charge < -0.3 is 5.73 Å². The van der Waals surface area contributed by atoms with E-state index in [1.165, 1.54) is 16.7 Å². The lowest BCUT2D eigenvalue weighted by Crippen LogP contribution is -2.14. The molecule has 0 bridgehead atoms. The summed E-state index contributed by atoms with van der Waals surface area (Å²) in [5.74, 6) is 0.578. The van der Waals surface area contributed by atoms with Crippen LogP contribution in [0.2, 0.25) is 0 Å². The largest absolute Gasteiger partial charge is 0.384 e. The van der Waals surface area contributed by atoms with Crippen LogP contribution in [0.3, 0.4) is 0 Å². The summed E-state index contributed by atoms with van der Waals surface area (Å²) >= 11 is 0. The lowest BCUT2D eigenvalue weighted by molar-refractivity contribution is 0.868. The van der Waals surface area contributed by atoms with Crippen LogP contribution >= 0.6 is 0 Å². The van der Waals surface area contributed by atoms with Crippen molar-refractivity contribution in [2.75, 3.05) is 0 Å². The van der Waals surface area contributed by atoms with Crippen molar-refractivity contribution < 1.29 is 0 Å². The zero-order chi connectivity index (χ0) is 18.1. The van der Waals surface area contributed by atoms with Crippen LogP contribution in [0.5, 0.6) is 0 Å². The van der Waals surface area contributed by atoms with Crippen LogP contribution in [-0.4, -0.2) is 10.8 Å². The molecule has 3 N–H and O–H groups in total. The van der Waals surface area contributed by atoms with Gasteiger partial charge in [0.25, 0.3) is 0 Å². The van der Waals surface area contributed by atoms with E-state index in [4.69, 9.17) is 11.1 Å². The summed E-state index contributed by atoms with van der Waals surface area (Å²) in [6, 6.07) is 12.5. The first kappa shape index (κ1) is 17.2. The Balaban J connectivity index is 2.30. The summed E-state index contributed by atoms with van der Waals surface area (Å²) in [7, 11) is 0. The minimum atomic E-state index is 0.129. The van der Waals surface area contributed by atoms with Gasteiger partial charge in [-0.2, -0.15) is 0 Å². The normalized spacial score (nSPS) is 11.2. The minimum Gasteiger partial charge on any atom is -0.384 e. The van der Waals surface area contributed by atoms with Crippen molar-refractivity contribution >= 4 is 5.84 Å². The number of hydrogen-bond acceptors (Lipinski definition) is 2. The molecule has 0 aromatic carbocycles. The molecule has 0 saturated carbocycles. The Bertz CT molecular complexity index is 895. The highest BCUT2D eigenvalue weighted by Gasteiger charge is 2.24. The van der Waals surface area contributed by atoms with Gasteiger partial charge in [0.1, 0.15) is 5.84 Å². The van der Waals surface area contributed by atoms with Gasteiger partial charge in [-0.1, -0.05) is 38.1 Å². The fraction of sp³-hybridized carbons (Fsp3) is 0.273. The maximum atomic E-state index is 8.19. The molecular weight excluding hydrogens is 306 g/mol. The van der Waals surface area contributed by atoms with E-state index in [1.807, 2.05) is 24.4 Å². The summed E-state index contributed by atoms with van der Waals surface area (Å²) in [4.78, 5) is 4.46. The van der Waals surface area contributed by atoms with Crippen molar-refractivity contribution in [2.45, 2.75) is 40.0 Å². The first-order chi connectivity index (χ1) is 11.9. The zero-order valence-electron chi connectivity index (χ0n) is 15.4. The highest BCUT2D eigenvalue weighted by atomic mass is 14.7. The Morgan fingerprint density at radius 1 is 1.16 bits per heavy atom. The Hall–Kier alpha value is -2.68. The molecule has 0 spiro atoms. The Morgan fingerprint density at radius 2 is 1.92 bits per heavy atom. The zero-order valence-corrected chi connectivity index (χ0v) is 15.4. The van der Waals surface area contributed by atoms with E-state index in [2.05, 4.69) is 50.9 Å². The molecule has 0 amide bonds. The molecule has 25 heavy (non-hydrogen) atoms. The highest BCUT2D eigenvalue weighted by Crippen LogP contribution is 2.40. The van der Waals surface area contributed by atoms with Crippen molar-refractivity contribution in [3.63, 3.8) is 0 Å². The van der Waals surface area contributed by atoms with Crippen molar-refractivity contribution in [1.29, 1.82) is 5.41 Å². The second kappa shape index (κ2) is 6.67. The van der Waals surface area contributed by atoms with E-state index >= 15 is 0 Å². The second-order valence-electron chi connectivity index (χ2n) is 6.99. The van der Waals surface area contributed by atoms with Crippen LogP contribution in [0.1, 0.15) is 53.3 Å². The molecule has 3 nitrogen and oxygen atoms in total. The van der Waals surface area contributed by atoms with Crippen LogP contribution in [-0.2, 0) is 6.42 Å². The van der Waals surface area contributed by atoms with Gasteiger partial charge in [-0.15, -0.1) is 0 Å². The lowest BCUT2D eigenvalue weighted by atomic mass is 10.0. The van der Waals surface area contributed by atoms with Crippen LogP contribution in [0.25, 0.3) is 11.1 Å². The van der Waals surface area contributed by atoms with Crippen molar-refractivity contribution in [2.24, 2.45) is 5.73 Å². The van der Waals surface area contributed by atoms with E-state index in [1.54, 1.807) is 0 Å². The number of nitrogen functional groups attached to an aromatic ring is 1. The third-order valence-corrected chi connectivity index (χ3v) is 4.93. The number of nitrogens with two attached hydrogens (primary N) is 1. The number of fused-ring (bicyclic) bond motifs is 1. The van der Waals surface area contributed by atoms with Crippen LogP contribution in [0.4, 0.5) is 0 Å². The first-order valence-electron chi connectivity index (χ1n) is 8.70. The quantitative estimate of drug-likeness (QED) is 0.533. The third kappa shape index (κ3) is 3.14. The SMILES string of the molecule is Cc1ccc(C(C)C)cc2c(C)c(Cc3ccccn3)c(C(=N)N)c1-2. The van der Waals surface area contributed by atoms with Gasteiger partial charge in [-0.25, -0.2) is 0 Å². The molecule has 3 heteroatoms. The van der Waals surface area contributed by atoms with E-state index in [9.17, 15) is 0 Å². The molecule has 1 aromatic heterocycles. The van der Waals surface area contributed by atoms with Gasteiger partial charge in [0.2, 0.25) is 0 Å². The molecule has 1 heterocycles. The Morgan fingerprint density at radius 3 is 2.52 bits per heavy atom. The number of amidine groups is 1.